The third-order valence-corrected chi connectivity index (χ3v) is 5.98. The van der Waals surface area contributed by atoms with Crippen LogP contribution in [0.25, 0.3) is 22.4 Å². The van der Waals surface area contributed by atoms with Gasteiger partial charge in [-0.2, -0.15) is 0 Å². The average Bonchev–Trinajstić information content (AvgIpc) is 3.37. The third-order valence-electron chi connectivity index (χ3n) is 5.98. The fourth-order valence-electron chi connectivity index (χ4n) is 4.08. The maximum absolute atomic E-state index is 12.8. The maximum Gasteiger partial charge on any atom is 0.347 e. The molecule has 11 nitrogen and oxygen atoms in total. The van der Waals surface area contributed by atoms with E-state index < -0.39 is 11.9 Å². The lowest BCUT2D eigenvalue weighted by atomic mass is 10.1. The number of nitrogens with zero attached hydrogens (tertiary/aromatic N) is 4. The number of anilines is 1. The third kappa shape index (κ3) is 6.70. The van der Waals surface area contributed by atoms with E-state index in [0.717, 1.165) is 36.5 Å². The number of fused-ring (bicyclic) bond motifs is 1. The Hall–Kier alpha value is -4.25. The summed E-state index contributed by atoms with van der Waals surface area (Å²) in [7, 11) is 5.80. The highest BCUT2D eigenvalue weighted by atomic mass is 16.5. The fourth-order valence-corrected chi connectivity index (χ4v) is 4.08. The molecule has 0 saturated carbocycles. The van der Waals surface area contributed by atoms with Crippen LogP contribution in [0.4, 0.5) is 5.82 Å². The number of hydrogen-bond donors (Lipinski definition) is 2. The number of aliphatic carboxylic acids is 2. The number of benzene rings is 1. The van der Waals surface area contributed by atoms with Gasteiger partial charge in [-0.1, -0.05) is 6.92 Å². The van der Waals surface area contributed by atoms with E-state index in [4.69, 9.17) is 19.4 Å². The number of ether oxygens (including phenoxy) is 1. The summed E-state index contributed by atoms with van der Waals surface area (Å²) < 4.78 is 11.1. The van der Waals surface area contributed by atoms with Gasteiger partial charge in [0.25, 0.3) is 0 Å². The molecule has 37 heavy (non-hydrogen) atoms. The molecule has 3 heterocycles. The molecule has 1 aromatic carbocycles. The largest absolute Gasteiger partial charge is 0.497 e. The van der Waals surface area contributed by atoms with Gasteiger partial charge >= 0.3 is 17.6 Å². The lowest BCUT2D eigenvalue weighted by Crippen LogP contribution is -2.31. The van der Waals surface area contributed by atoms with Crippen molar-refractivity contribution >= 4 is 28.7 Å². The van der Waals surface area contributed by atoms with Crippen LogP contribution < -0.4 is 15.3 Å². The van der Waals surface area contributed by atoms with E-state index >= 15 is 0 Å². The first kappa shape index (κ1) is 27.3. The number of likely N-dealkylation sites (N-methyl/N-ethyl adjacent to an activating group) is 1. The van der Waals surface area contributed by atoms with E-state index in [9.17, 15) is 14.4 Å². The van der Waals surface area contributed by atoms with E-state index in [1.807, 2.05) is 25.1 Å². The number of carbonyl (C=O) groups is 2. The van der Waals surface area contributed by atoms with Crippen molar-refractivity contribution in [1.82, 2.24) is 14.9 Å². The zero-order valence-electron chi connectivity index (χ0n) is 21.2. The first-order chi connectivity index (χ1) is 17.6. The molecule has 1 aliphatic rings. The van der Waals surface area contributed by atoms with Gasteiger partial charge in [0.05, 0.1) is 23.6 Å². The molecule has 1 saturated heterocycles. The average molecular weight is 511 g/mol. The Bertz CT molecular complexity index is 1350. The molecule has 4 rings (SSSR count). The highest BCUT2D eigenvalue weighted by Crippen LogP contribution is 2.32. The quantitative estimate of drug-likeness (QED) is 0.452. The number of methoxy groups -OCH3 is 1. The predicted molar refractivity (Wildman–Crippen MR) is 138 cm³/mol. The van der Waals surface area contributed by atoms with Gasteiger partial charge in [0.2, 0.25) is 5.89 Å². The molecule has 0 bridgehead atoms. The van der Waals surface area contributed by atoms with Gasteiger partial charge in [0, 0.05) is 43.5 Å². The van der Waals surface area contributed by atoms with Crippen LogP contribution in [0.3, 0.4) is 0 Å². The molecule has 1 unspecified atom stereocenters. The van der Waals surface area contributed by atoms with Crippen LogP contribution in [0.2, 0.25) is 0 Å². The first-order valence-electron chi connectivity index (χ1n) is 11.7. The van der Waals surface area contributed by atoms with Crippen LogP contribution in [0.1, 0.15) is 18.9 Å². The topological polar surface area (TPSA) is 146 Å². The van der Waals surface area contributed by atoms with Crippen molar-refractivity contribution in [3.05, 3.63) is 58.6 Å². The van der Waals surface area contributed by atoms with Crippen molar-refractivity contribution in [1.29, 1.82) is 0 Å². The van der Waals surface area contributed by atoms with Crippen molar-refractivity contribution in [3.8, 4) is 17.2 Å². The van der Waals surface area contributed by atoms with Crippen molar-refractivity contribution in [2.45, 2.75) is 25.8 Å². The normalized spacial score (nSPS) is 15.2. The SMILES string of the molecule is CCc1cc(OC)cc2nc(-c3cccnc3N3CCC(N(C)C)C3)oc(=O)c12.O=C(O)C=CC(=O)O. The Balaban J connectivity index is 0.000000414. The minimum Gasteiger partial charge on any atom is -0.497 e. The van der Waals surface area contributed by atoms with Crippen LogP contribution in [0, 0.1) is 0 Å². The molecule has 1 atom stereocenters. The fraction of sp³-hybridized carbons (Fsp3) is 0.346. The molecule has 11 heteroatoms. The van der Waals surface area contributed by atoms with Gasteiger partial charge < -0.3 is 29.2 Å². The summed E-state index contributed by atoms with van der Waals surface area (Å²) in [4.78, 5) is 45.7. The van der Waals surface area contributed by atoms with Gasteiger partial charge in [-0.05, 0) is 50.7 Å². The van der Waals surface area contributed by atoms with E-state index in [1.165, 1.54) is 0 Å². The first-order valence-corrected chi connectivity index (χ1v) is 11.7. The van der Waals surface area contributed by atoms with Gasteiger partial charge in [0.15, 0.2) is 0 Å². The molecule has 0 aliphatic carbocycles. The van der Waals surface area contributed by atoms with Crippen LogP contribution >= 0.6 is 0 Å². The molecule has 196 valence electrons. The summed E-state index contributed by atoms with van der Waals surface area (Å²) in [5, 5.41) is 16.1. The zero-order chi connectivity index (χ0) is 27.1. The monoisotopic (exact) mass is 510 g/mol. The van der Waals surface area contributed by atoms with Crippen LogP contribution in [0.15, 0.2) is 51.8 Å². The van der Waals surface area contributed by atoms with E-state index in [-0.39, 0.29) is 11.5 Å². The van der Waals surface area contributed by atoms with Gasteiger partial charge in [0.1, 0.15) is 11.6 Å². The standard InChI is InChI=1S/C22H26N4O3.C4H4O4/c1-5-14-11-16(28-4)12-18-19(14)22(27)29-21(24-18)17-7-6-9-23-20(17)26-10-8-15(13-26)25(2)3;5-3(6)1-2-4(7)8/h6-7,9,11-12,15H,5,8,10,13H2,1-4H3;1-2H,(H,5,6)(H,7,8). The van der Waals surface area contributed by atoms with E-state index in [1.54, 1.807) is 19.4 Å². The summed E-state index contributed by atoms with van der Waals surface area (Å²) in [6.07, 6.45) is 4.64. The summed E-state index contributed by atoms with van der Waals surface area (Å²) in [6.45, 7) is 3.77. The number of aryl methyl sites for hydroxylation is 1. The van der Waals surface area contributed by atoms with Crippen LogP contribution in [-0.4, -0.2) is 77.4 Å². The maximum atomic E-state index is 12.8. The molecule has 1 aliphatic heterocycles. The lowest BCUT2D eigenvalue weighted by molar-refractivity contribution is -0.134. The van der Waals surface area contributed by atoms with E-state index in [0.29, 0.717) is 41.3 Å². The number of aromatic nitrogens is 2. The molecule has 3 aromatic rings. The summed E-state index contributed by atoms with van der Waals surface area (Å²) in [5.41, 5.74) is 1.79. The minimum atomic E-state index is -1.26. The van der Waals surface area contributed by atoms with Crippen molar-refractivity contribution < 1.29 is 29.0 Å². The predicted octanol–water partition coefficient (Wildman–Crippen LogP) is 2.67. The number of hydrogen-bond acceptors (Lipinski definition) is 9. The number of carboxylic acids is 2. The van der Waals surface area contributed by atoms with Gasteiger partial charge in [-0.15, -0.1) is 0 Å². The Morgan fingerprint density at radius 3 is 2.51 bits per heavy atom. The molecule has 0 spiro atoms. The summed E-state index contributed by atoms with van der Waals surface area (Å²) >= 11 is 0. The van der Waals surface area contributed by atoms with Crippen molar-refractivity contribution in [3.63, 3.8) is 0 Å². The Morgan fingerprint density at radius 1 is 1.24 bits per heavy atom. The van der Waals surface area contributed by atoms with Crippen molar-refractivity contribution in [2.75, 3.05) is 39.2 Å². The molecule has 0 radical (unpaired) electrons. The number of pyridine rings is 1. The Kier molecular flexibility index (Phi) is 8.96. The van der Waals surface area contributed by atoms with Crippen LogP contribution in [0.5, 0.6) is 5.75 Å². The molecule has 1 fully saturated rings. The molecule has 2 aromatic heterocycles. The second-order valence-electron chi connectivity index (χ2n) is 8.58. The molecular formula is C26H30N4O7. The van der Waals surface area contributed by atoms with Crippen LogP contribution in [-0.2, 0) is 16.0 Å². The smallest absolute Gasteiger partial charge is 0.347 e. The van der Waals surface area contributed by atoms with E-state index in [2.05, 4.69) is 33.9 Å². The lowest BCUT2D eigenvalue weighted by Gasteiger charge is -2.22. The van der Waals surface area contributed by atoms with Gasteiger partial charge in [-0.3, -0.25) is 0 Å². The number of rotatable bonds is 7. The molecule has 0 amide bonds. The Morgan fingerprint density at radius 2 is 1.95 bits per heavy atom. The Labute approximate surface area is 213 Å². The molecule has 2 N–H and O–H groups in total. The van der Waals surface area contributed by atoms with Gasteiger partial charge in [-0.25, -0.2) is 24.4 Å². The minimum absolute atomic E-state index is 0.286. The molecular weight excluding hydrogens is 480 g/mol. The highest BCUT2D eigenvalue weighted by Gasteiger charge is 2.27. The summed E-state index contributed by atoms with van der Waals surface area (Å²) in [5.74, 6) is -0.752. The summed E-state index contributed by atoms with van der Waals surface area (Å²) in [6, 6.07) is 7.86. The second kappa shape index (κ2) is 12.1. The number of carboxylic acid groups (broad SMARTS) is 2. The zero-order valence-corrected chi connectivity index (χ0v) is 21.2. The van der Waals surface area contributed by atoms with Crippen molar-refractivity contribution in [2.24, 2.45) is 0 Å². The second-order valence-corrected chi connectivity index (χ2v) is 8.58. The highest BCUT2D eigenvalue weighted by molar-refractivity contribution is 5.89.